The van der Waals surface area contributed by atoms with E-state index in [0.29, 0.717) is 6.10 Å². The van der Waals surface area contributed by atoms with E-state index in [1.165, 1.54) is 76.2 Å². The lowest BCUT2D eigenvalue weighted by Gasteiger charge is -2.02. The zero-order valence-electron chi connectivity index (χ0n) is 16.9. The van der Waals surface area contributed by atoms with Gasteiger partial charge < -0.3 is 4.74 Å². The van der Waals surface area contributed by atoms with Gasteiger partial charge in [-0.05, 0) is 46.5 Å². The van der Waals surface area contributed by atoms with E-state index in [1.807, 2.05) is 0 Å². The van der Waals surface area contributed by atoms with Gasteiger partial charge in [0.2, 0.25) is 0 Å². The Hall–Kier alpha value is -0.560. The molecule has 0 N–H and O–H groups in total. The molecule has 1 aliphatic heterocycles. The van der Waals surface area contributed by atoms with Crippen LogP contribution in [0.1, 0.15) is 111 Å². The van der Waals surface area contributed by atoms with Gasteiger partial charge in [0.05, 0.1) is 5.60 Å². The second kappa shape index (κ2) is 12.8. The Bertz CT molecular complexity index is 364. The van der Waals surface area contributed by atoms with Crippen LogP contribution in [0.15, 0.2) is 23.8 Å². The Morgan fingerprint density at radius 3 is 2.04 bits per heavy atom. The van der Waals surface area contributed by atoms with Gasteiger partial charge in [-0.25, -0.2) is 0 Å². The van der Waals surface area contributed by atoms with Crippen molar-refractivity contribution in [1.29, 1.82) is 0 Å². The van der Waals surface area contributed by atoms with E-state index >= 15 is 0 Å². The van der Waals surface area contributed by atoms with E-state index in [2.05, 4.69) is 45.9 Å². The number of hydrogen-bond donors (Lipinski definition) is 0. The molecule has 1 heteroatoms. The fourth-order valence-electron chi connectivity index (χ4n) is 3.32. The zero-order valence-corrected chi connectivity index (χ0v) is 16.9. The van der Waals surface area contributed by atoms with E-state index in [1.54, 1.807) is 0 Å². The second-order valence-corrected chi connectivity index (χ2v) is 8.07. The van der Waals surface area contributed by atoms with Crippen LogP contribution in [0.25, 0.3) is 0 Å². The van der Waals surface area contributed by atoms with Crippen LogP contribution in [0.2, 0.25) is 0 Å². The fraction of sp³-hybridized carbons (Fsp3) is 0.826. The molecule has 1 fully saturated rings. The largest absolute Gasteiger partial charge is 0.362 e. The topological polar surface area (TPSA) is 12.5 Å². The lowest BCUT2D eigenvalue weighted by Crippen LogP contribution is -2.07. The molecule has 0 aromatic heterocycles. The maximum Gasteiger partial charge on any atom is 0.105 e. The molecular formula is C23H42O. The summed E-state index contributed by atoms with van der Waals surface area (Å²) in [6.07, 6.45) is 25.0. The summed E-state index contributed by atoms with van der Waals surface area (Å²) in [5, 5.41) is 0. The summed E-state index contributed by atoms with van der Waals surface area (Å²) in [5.41, 5.74) is 1.52. The van der Waals surface area contributed by atoms with Gasteiger partial charge in [-0.1, -0.05) is 88.5 Å². The minimum Gasteiger partial charge on any atom is -0.362 e. The van der Waals surface area contributed by atoms with Gasteiger partial charge in [0, 0.05) is 0 Å². The van der Waals surface area contributed by atoms with Crippen LogP contribution in [0.5, 0.6) is 0 Å². The van der Waals surface area contributed by atoms with Crippen molar-refractivity contribution in [2.75, 3.05) is 0 Å². The summed E-state index contributed by atoms with van der Waals surface area (Å²) in [6.45, 7) is 8.87. The summed E-state index contributed by atoms with van der Waals surface area (Å²) >= 11 is 0. The van der Waals surface area contributed by atoms with Crippen LogP contribution >= 0.6 is 0 Å². The van der Waals surface area contributed by atoms with Crippen LogP contribution < -0.4 is 0 Å². The number of epoxide rings is 1. The fourth-order valence-corrected chi connectivity index (χ4v) is 3.32. The number of hydrogen-bond acceptors (Lipinski definition) is 1. The average Bonchev–Trinajstić information content (AvgIpc) is 3.18. The summed E-state index contributed by atoms with van der Waals surface area (Å²) in [4.78, 5) is 0. The third kappa shape index (κ3) is 10.3. The van der Waals surface area contributed by atoms with Gasteiger partial charge in [-0.2, -0.15) is 0 Å². The SMILES string of the molecule is CCCCCCCCCCCC/C=C\[C@@H]1O[C@@]1(C)CCC=C(C)C. The Morgan fingerprint density at radius 1 is 0.875 bits per heavy atom. The third-order valence-electron chi connectivity index (χ3n) is 5.17. The van der Waals surface area contributed by atoms with Crippen molar-refractivity contribution in [1.82, 2.24) is 0 Å². The van der Waals surface area contributed by atoms with Crippen LogP contribution in [0.4, 0.5) is 0 Å². The highest BCUT2D eigenvalue weighted by atomic mass is 16.6. The maximum atomic E-state index is 5.87. The van der Waals surface area contributed by atoms with Gasteiger partial charge in [0.1, 0.15) is 6.10 Å². The molecule has 0 radical (unpaired) electrons. The molecule has 0 aliphatic carbocycles. The first kappa shape index (κ1) is 21.5. The van der Waals surface area contributed by atoms with E-state index in [4.69, 9.17) is 4.74 Å². The molecule has 0 aromatic carbocycles. The Labute approximate surface area is 151 Å². The molecule has 1 saturated heterocycles. The molecule has 1 heterocycles. The molecule has 0 saturated carbocycles. The highest BCUT2D eigenvalue weighted by molar-refractivity contribution is 5.11. The summed E-state index contributed by atoms with van der Waals surface area (Å²) in [5.74, 6) is 0. The molecule has 24 heavy (non-hydrogen) atoms. The molecule has 0 amide bonds. The lowest BCUT2D eigenvalue weighted by molar-refractivity contribution is 0.303. The van der Waals surface area contributed by atoms with Gasteiger partial charge in [-0.15, -0.1) is 0 Å². The van der Waals surface area contributed by atoms with Crippen LogP contribution in [-0.2, 0) is 4.74 Å². The quantitative estimate of drug-likeness (QED) is 0.169. The van der Waals surface area contributed by atoms with E-state index in [0.717, 1.165) is 12.8 Å². The molecule has 0 aromatic rings. The smallest absolute Gasteiger partial charge is 0.105 e. The van der Waals surface area contributed by atoms with Crippen LogP contribution in [0, 0.1) is 0 Å². The molecule has 0 bridgehead atoms. The van der Waals surface area contributed by atoms with Gasteiger partial charge in [0.25, 0.3) is 0 Å². The predicted octanol–water partition coefficient (Wildman–Crippen LogP) is 7.76. The second-order valence-electron chi connectivity index (χ2n) is 8.07. The van der Waals surface area contributed by atoms with Crippen molar-refractivity contribution >= 4 is 0 Å². The van der Waals surface area contributed by atoms with Gasteiger partial charge in [0.15, 0.2) is 0 Å². The van der Waals surface area contributed by atoms with E-state index in [9.17, 15) is 0 Å². The molecule has 0 spiro atoms. The molecule has 1 aliphatic rings. The average molecular weight is 335 g/mol. The monoisotopic (exact) mass is 334 g/mol. The normalized spacial score (nSPS) is 22.9. The maximum absolute atomic E-state index is 5.87. The number of ether oxygens (including phenoxy) is 1. The predicted molar refractivity (Wildman–Crippen MR) is 108 cm³/mol. The zero-order chi connectivity index (χ0) is 17.7. The van der Waals surface area contributed by atoms with Crippen LogP contribution in [-0.4, -0.2) is 11.7 Å². The molecular weight excluding hydrogens is 292 g/mol. The van der Waals surface area contributed by atoms with Crippen molar-refractivity contribution in [2.45, 2.75) is 123 Å². The van der Waals surface area contributed by atoms with Crippen molar-refractivity contribution in [3.8, 4) is 0 Å². The third-order valence-corrected chi connectivity index (χ3v) is 5.17. The summed E-state index contributed by atoms with van der Waals surface area (Å²) < 4.78 is 5.87. The van der Waals surface area contributed by atoms with Gasteiger partial charge >= 0.3 is 0 Å². The molecule has 0 unspecified atom stereocenters. The molecule has 1 nitrogen and oxygen atoms in total. The highest BCUT2D eigenvalue weighted by Crippen LogP contribution is 2.41. The lowest BCUT2D eigenvalue weighted by atomic mass is 10.00. The summed E-state index contributed by atoms with van der Waals surface area (Å²) in [6, 6.07) is 0. The number of allylic oxidation sites excluding steroid dienone is 3. The van der Waals surface area contributed by atoms with E-state index < -0.39 is 0 Å². The number of rotatable bonds is 15. The van der Waals surface area contributed by atoms with E-state index in [-0.39, 0.29) is 5.60 Å². The molecule has 1 rings (SSSR count). The summed E-state index contributed by atoms with van der Waals surface area (Å²) in [7, 11) is 0. The van der Waals surface area contributed by atoms with Crippen LogP contribution in [0.3, 0.4) is 0 Å². The first-order valence-corrected chi connectivity index (χ1v) is 10.6. The Morgan fingerprint density at radius 2 is 1.46 bits per heavy atom. The van der Waals surface area contributed by atoms with Crippen molar-refractivity contribution in [2.24, 2.45) is 0 Å². The minimum absolute atomic E-state index is 0.111. The first-order chi connectivity index (χ1) is 11.6. The molecule has 140 valence electrons. The van der Waals surface area contributed by atoms with Crippen molar-refractivity contribution in [3.63, 3.8) is 0 Å². The van der Waals surface area contributed by atoms with Crippen molar-refractivity contribution < 1.29 is 4.74 Å². The first-order valence-electron chi connectivity index (χ1n) is 10.6. The highest BCUT2D eigenvalue weighted by Gasteiger charge is 2.49. The van der Waals surface area contributed by atoms with Gasteiger partial charge in [-0.3, -0.25) is 0 Å². The standard InChI is InChI=1S/C23H42O/c1-5-6-7-8-9-10-11-12-13-14-15-16-19-22-23(4,24-22)20-17-18-21(2)3/h16,18-19,22H,5-15,17,20H2,1-4H3/b19-16-/t22-,23-/m0/s1. The molecule has 2 atom stereocenters. The minimum atomic E-state index is 0.111. The Balaban J connectivity index is 1.90. The Kier molecular flexibility index (Phi) is 11.4. The number of unbranched alkanes of at least 4 members (excludes halogenated alkanes) is 10. The van der Waals surface area contributed by atoms with Crippen molar-refractivity contribution in [3.05, 3.63) is 23.8 Å².